The average Bonchev–Trinajstić information content (AvgIpc) is 2.40. The molecule has 2 aromatic rings. The molecule has 2 heterocycles. The number of hydrogen-bond donors (Lipinski definition) is 1. The number of pyridine rings is 1. The Morgan fingerprint density at radius 2 is 2.32 bits per heavy atom. The lowest BCUT2D eigenvalue weighted by Crippen LogP contribution is -2.40. The number of benzene rings is 1. The van der Waals surface area contributed by atoms with Gasteiger partial charge in [-0.05, 0) is 25.1 Å². The molecular weight excluding hydrogens is 322 g/mol. The van der Waals surface area contributed by atoms with Gasteiger partial charge in [-0.2, -0.15) is 11.8 Å². The number of rotatable bonds is 1. The third kappa shape index (κ3) is 2.41. The fourth-order valence-electron chi connectivity index (χ4n) is 2.55. The van der Waals surface area contributed by atoms with E-state index >= 15 is 0 Å². The molecule has 0 saturated carbocycles. The third-order valence-electron chi connectivity index (χ3n) is 3.48. The minimum Gasteiger partial charge on any atom is -0.396 e. The van der Waals surface area contributed by atoms with Gasteiger partial charge in [0.1, 0.15) is 0 Å². The quantitative estimate of drug-likeness (QED) is 0.864. The maximum atomic E-state index is 6.20. The lowest BCUT2D eigenvalue weighted by Gasteiger charge is -2.36. The average molecular weight is 338 g/mol. The van der Waals surface area contributed by atoms with Crippen LogP contribution in [0.25, 0.3) is 10.9 Å². The zero-order valence-corrected chi connectivity index (χ0v) is 13.2. The molecule has 19 heavy (non-hydrogen) atoms. The molecule has 5 heteroatoms. The molecule has 0 amide bonds. The lowest BCUT2D eigenvalue weighted by atomic mass is 10.1. The van der Waals surface area contributed by atoms with Gasteiger partial charge < -0.3 is 10.6 Å². The first kappa shape index (κ1) is 13.1. The number of thioether (sulfide) groups is 1. The predicted octanol–water partition coefficient (Wildman–Crippen LogP) is 3.52. The standard InChI is InChI=1S/C14H16BrN3S/c1-9-8-19-5-4-18(9)14-11-6-10(15)2-3-13(11)17-7-12(14)16/h2-3,6-7,9H,4-5,8,16H2,1H3. The van der Waals surface area contributed by atoms with E-state index in [9.17, 15) is 0 Å². The Morgan fingerprint density at radius 3 is 3.11 bits per heavy atom. The van der Waals surface area contributed by atoms with E-state index in [1.807, 2.05) is 23.9 Å². The molecule has 0 aliphatic carbocycles. The summed E-state index contributed by atoms with van der Waals surface area (Å²) < 4.78 is 1.06. The number of halogens is 1. The maximum Gasteiger partial charge on any atom is 0.0745 e. The summed E-state index contributed by atoms with van der Waals surface area (Å²) in [7, 11) is 0. The molecule has 3 nitrogen and oxygen atoms in total. The van der Waals surface area contributed by atoms with Crippen LogP contribution in [0.1, 0.15) is 6.92 Å². The molecule has 0 radical (unpaired) electrons. The molecule has 1 fully saturated rings. The molecule has 0 spiro atoms. The number of anilines is 2. The summed E-state index contributed by atoms with van der Waals surface area (Å²) in [5.74, 6) is 2.30. The highest BCUT2D eigenvalue weighted by atomic mass is 79.9. The zero-order chi connectivity index (χ0) is 13.4. The van der Waals surface area contributed by atoms with E-state index in [0.717, 1.165) is 44.8 Å². The van der Waals surface area contributed by atoms with Gasteiger partial charge in [0.05, 0.1) is 23.1 Å². The number of aromatic nitrogens is 1. The van der Waals surface area contributed by atoms with Crippen LogP contribution in [0.15, 0.2) is 28.9 Å². The highest BCUT2D eigenvalue weighted by Crippen LogP contribution is 2.36. The van der Waals surface area contributed by atoms with Crippen LogP contribution in [0, 0.1) is 0 Å². The van der Waals surface area contributed by atoms with E-state index in [4.69, 9.17) is 5.73 Å². The molecule has 1 atom stereocenters. The van der Waals surface area contributed by atoms with Crippen molar-refractivity contribution in [1.82, 2.24) is 4.98 Å². The Hall–Kier alpha value is -0.940. The molecular formula is C14H16BrN3S. The van der Waals surface area contributed by atoms with E-state index in [1.54, 1.807) is 6.20 Å². The van der Waals surface area contributed by atoms with E-state index in [-0.39, 0.29) is 0 Å². The minimum atomic E-state index is 0.505. The number of nitrogens with two attached hydrogens (primary N) is 1. The van der Waals surface area contributed by atoms with E-state index in [0.29, 0.717) is 6.04 Å². The van der Waals surface area contributed by atoms with Crippen molar-refractivity contribution in [2.45, 2.75) is 13.0 Å². The summed E-state index contributed by atoms with van der Waals surface area (Å²) >= 11 is 5.55. The molecule has 0 bridgehead atoms. The fourth-order valence-corrected chi connectivity index (χ4v) is 3.92. The molecule has 2 N–H and O–H groups in total. The molecule has 1 saturated heterocycles. The minimum absolute atomic E-state index is 0.505. The molecule has 1 aliphatic heterocycles. The fraction of sp³-hybridized carbons (Fsp3) is 0.357. The first-order valence-corrected chi connectivity index (χ1v) is 8.29. The van der Waals surface area contributed by atoms with Crippen molar-refractivity contribution in [3.63, 3.8) is 0 Å². The monoisotopic (exact) mass is 337 g/mol. The van der Waals surface area contributed by atoms with Crippen molar-refractivity contribution in [1.29, 1.82) is 0 Å². The van der Waals surface area contributed by atoms with Crippen LogP contribution in [-0.2, 0) is 0 Å². The van der Waals surface area contributed by atoms with E-state index < -0.39 is 0 Å². The van der Waals surface area contributed by atoms with E-state index in [2.05, 4.69) is 38.8 Å². The second-order valence-corrected chi connectivity index (χ2v) is 6.91. The Morgan fingerprint density at radius 1 is 1.47 bits per heavy atom. The predicted molar refractivity (Wildman–Crippen MR) is 88.0 cm³/mol. The summed E-state index contributed by atoms with van der Waals surface area (Å²) in [5, 5.41) is 1.13. The first-order valence-electron chi connectivity index (χ1n) is 6.35. The Labute approximate surface area is 125 Å². The van der Waals surface area contributed by atoms with Crippen molar-refractivity contribution in [2.75, 3.05) is 28.7 Å². The van der Waals surface area contributed by atoms with Gasteiger partial charge >= 0.3 is 0 Å². The summed E-state index contributed by atoms with van der Waals surface area (Å²) in [6.45, 7) is 3.30. The number of nitrogens with zero attached hydrogens (tertiary/aromatic N) is 2. The van der Waals surface area contributed by atoms with Gasteiger partial charge in [-0.15, -0.1) is 0 Å². The van der Waals surface area contributed by atoms with Gasteiger partial charge in [-0.3, -0.25) is 4.98 Å². The van der Waals surface area contributed by atoms with Gasteiger partial charge in [-0.1, -0.05) is 15.9 Å². The van der Waals surface area contributed by atoms with Crippen LogP contribution in [0.2, 0.25) is 0 Å². The van der Waals surface area contributed by atoms with Crippen LogP contribution in [-0.4, -0.2) is 29.1 Å². The van der Waals surface area contributed by atoms with Crippen molar-refractivity contribution in [3.8, 4) is 0 Å². The lowest BCUT2D eigenvalue weighted by molar-refractivity contribution is 0.703. The zero-order valence-electron chi connectivity index (χ0n) is 10.8. The summed E-state index contributed by atoms with van der Waals surface area (Å²) in [6, 6.07) is 6.67. The highest BCUT2D eigenvalue weighted by Gasteiger charge is 2.22. The summed E-state index contributed by atoms with van der Waals surface area (Å²) in [5.41, 5.74) is 9.11. The molecule has 1 aromatic carbocycles. The molecule has 3 rings (SSSR count). The number of fused-ring (bicyclic) bond motifs is 1. The van der Waals surface area contributed by atoms with Crippen molar-refractivity contribution in [2.24, 2.45) is 0 Å². The van der Waals surface area contributed by atoms with Crippen LogP contribution in [0.5, 0.6) is 0 Å². The van der Waals surface area contributed by atoms with Crippen molar-refractivity contribution >= 4 is 50.0 Å². The van der Waals surface area contributed by atoms with Gasteiger partial charge in [0, 0.05) is 34.0 Å². The highest BCUT2D eigenvalue weighted by molar-refractivity contribution is 9.10. The topological polar surface area (TPSA) is 42.1 Å². The van der Waals surface area contributed by atoms with Gasteiger partial charge in [0.25, 0.3) is 0 Å². The van der Waals surface area contributed by atoms with Gasteiger partial charge in [-0.25, -0.2) is 0 Å². The maximum absolute atomic E-state index is 6.20. The number of hydrogen-bond acceptors (Lipinski definition) is 4. The van der Waals surface area contributed by atoms with Crippen molar-refractivity contribution < 1.29 is 0 Å². The number of nitrogen functional groups attached to an aromatic ring is 1. The Bertz CT molecular complexity index is 612. The normalized spacial score (nSPS) is 19.9. The smallest absolute Gasteiger partial charge is 0.0745 e. The third-order valence-corrected chi connectivity index (χ3v) is 5.17. The first-order chi connectivity index (χ1) is 9.16. The second kappa shape index (κ2) is 5.21. The second-order valence-electron chi connectivity index (χ2n) is 4.84. The van der Waals surface area contributed by atoms with Crippen LogP contribution in [0.3, 0.4) is 0 Å². The largest absolute Gasteiger partial charge is 0.396 e. The molecule has 100 valence electrons. The van der Waals surface area contributed by atoms with Crippen LogP contribution in [0.4, 0.5) is 11.4 Å². The van der Waals surface area contributed by atoms with E-state index in [1.165, 1.54) is 0 Å². The summed E-state index contributed by atoms with van der Waals surface area (Å²) in [6.07, 6.45) is 1.78. The van der Waals surface area contributed by atoms with Gasteiger partial charge in [0.15, 0.2) is 0 Å². The molecule has 1 aromatic heterocycles. The molecule has 1 unspecified atom stereocenters. The van der Waals surface area contributed by atoms with Crippen LogP contribution < -0.4 is 10.6 Å². The summed E-state index contributed by atoms with van der Waals surface area (Å²) in [4.78, 5) is 6.84. The van der Waals surface area contributed by atoms with Gasteiger partial charge in [0.2, 0.25) is 0 Å². The Balaban J connectivity index is 2.20. The van der Waals surface area contributed by atoms with Crippen LogP contribution >= 0.6 is 27.7 Å². The molecule has 1 aliphatic rings. The SMILES string of the molecule is CC1CSCCN1c1c(N)cnc2ccc(Br)cc12. The Kier molecular flexibility index (Phi) is 3.58. The van der Waals surface area contributed by atoms with Crippen molar-refractivity contribution in [3.05, 3.63) is 28.9 Å².